The van der Waals surface area contributed by atoms with Crippen molar-refractivity contribution in [2.75, 3.05) is 10.6 Å². The molecule has 5 aromatic rings. The van der Waals surface area contributed by atoms with Crippen molar-refractivity contribution < 1.29 is 14.4 Å². The quantitative estimate of drug-likeness (QED) is 0.0979. The van der Waals surface area contributed by atoms with E-state index in [1.807, 2.05) is 71.4 Å². The fourth-order valence-corrected chi connectivity index (χ4v) is 9.04. The summed E-state index contributed by atoms with van der Waals surface area (Å²) in [5.74, 6) is -0.591. The van der Waals surface area contributed by atoms with Crippen molar-refractivity contribution in [2.45, 2.75) is 50.2 Å². The van der Waals surface area contributed by atoms with Crippen molar-refractivity contribution in [2.24, 2.45) is 11.3 Å². The highest BCUT2D eigenvalue weighted by Crippen LogP contribution is 2.45. The molecule has 0 saturated heterocycles. The highest BCUT2D eigenvalue weighted by Gasteiger charge is 2.33. The number of benzene rings is 3. The Morgan fingerprint density at radius 2 is 1.71 bits per heavy atom. The molecule has 1 aliphatic carbocycles. The highest BCUT2D eigenvalue weighted by molar-refractivity contribution is 8.00. The number of nitrogens with zero attached hydrogens (tertiary/aromatic N) is 1. The van der Waals surface area contributed by atoms with Crippen molar-refractivity contribution in [1.29, 1.82) is 5.26 Å². The monoisotopic (exact) mass is 730 g/mol. The number of anilines is 2. The molecule has 0 saturated carbocycles. The Morgan fingerprint density at radius 1 is 0.961 bits per heavy atom. The van der Waals surface area contributed by atoms with Crippen LogP contribution in [0.3, 0.4) is 0 Å². The number of rotatable bonds is 10. The first-order valence-electron chi connectivity index (χ1n) is 16.7. The van der Waals surface area contributed by atoms with E-state index in [2.05, 4.69) is 42.8 Å². The third-order valence-corrected chi connectivity index (χ3v) is 12.0. The van der Waals surface area contributed by atoms with Gasteiger partial charge in [-0.3, -0.25) is 14.4 Å². The Kier molecular flexibility index (Phi) is 11.2. The molecule has 0 radical (unpaired) electrons. The Labute approximate surface area is 310 Å². The van der Waals surface area contributed by atoms with Crippen LogP contribution in [0.2, 0.25) is 0 Å². The predicted molar refractivity (Wildman–Crippen MR) is 209 cm³/mol. The maximum Gasteiger partial charge on any atom is 0.272 e. The first-order chi connectivity index (χ1) is 24.6. The molecular weight excluding hydrogens is 693 g/mol. The molecule has 0 fully saturated rings. The van der Waals surface area contributed by atoms with Gasteiger partial charge in [0.25, 0.3) is 11.8 Å². The van der Waals surface area contributed by atoms with Gasteiger partial charge >= 0.3 is 0 Å². The minimum Gasteiger partial charge on any atom is -0.321 e. The van der Waals surface area contributed by atoms with Crippen LogP contribution in [0.1, 0.15) is 69.9 Å². The van der Waals surface area contributed by atoms with Crippen molar-refractivity contribution in [3.63, 3.8) is 0 Å². The van der Waals surface area contributed by atoms with E-state index in [1.54, 1.807) is 36.4 Å². The van der Waals surface area contributed by atoms with E-state index >= 15 is 0 Å². The zero-order chi connectivity index (χ0) is 36.0. The van der Waals surface area contributed by atoms with Gasteiger partial charge in [0.15, 0.2) is 0 Å². The second kappa shape index (κ2) is 15.9. The number of hydrogen-bond donors (Lipinski definition) is 3. The lowest BCUT2D eigenvalue weighted by molar-refractivity contribution is -0.116. The normalized spacial score (nSPS) is 14.9. The zero-order valence-corrected chi connectivity index (χ0v) is 31.0. The van der Waals surface area contributed by atoms with Crippen molar-refractivity contribution >= 4 is 68.9 Å². The number of nitriles is 1. The fourth-order valence-electron chi connectivity index (χ4n) is 6.06. The molecule has 7 nitrogen and oxygen atoms in total. The number of thioether (sulfide) groups is 1. The average Bonchev–Trinajstić information content (AvgIpc) is 3.77. The Balaban J connectivity index is 1.22. The van der Waals surface area contributed by atoms with Gasteiger partial charge in [-0.1, -0.05) is 75.4 Å². The summed E-state index contributed by atoms with van der Waals surface area (Å²) in [6, 6.07) is 29.8. The lowest BCUT2D eigenvalue weighted by Crippen LogP contribution is -2.30. The molecule has 2 atom stereocenters. The molecule has 2 heterocycles. The number of thiophene rings is 2. The number of hydrogen-bond acceptors (Lipinski definition) is 7. The van der Waals surface area contributed by atoms with Crippen molar-refractivity contribution in [1.82, 2.24) is 5.32 Å². The van der Waals surface area contributed by atoms with Gasteiger partial charge < -0.3 is 16.0 Å². The minimum absolute atomic E-state index is 0.0996. The molecular formula is C41H38N4O3S3. The summed E-state index contributed by atoms with van der Waals surface area (Å²) in [4.78, 5) is 42.7. The van der Waals surface area contributed by atoms with Gasteiger partial charge in [0.1, 0.15) is 22.0 Å². The van der Waals surface area contributed by atoms with Crippen LogP contribution in [0.4, 0.5) is 10.7 Å². The van der Waals surface area contributed by atoms with Gasteiger partial charge in [0.05, 0.1) is 5.56 Å². The van der Waals surface area contributed by atoms with Crippen LogP contribution in [0, 0.1) is 22.7 Å². The molecule has 3 N–H and O–H groups in total. The number of carbonyl (C=O) groups is 3. The van der Waals surface area contributed by atoms with Gasteiger partial charge in [-0.15, -0.1) is 23.1 Å². The van der Waals surface area contributed by atoms with E-state index in [-0.39, 0.29) is 17.0 Å². The first kappa shape index (κ1) is 35.9. The maximum absolute atomic E-state index is 14.1. The van der Waals surface area contributed by atoms with Crippen LogP contribution in [-0.4, -0.2) is 17.7 Å². The van der Waals surface area contributed by atoms with E-state index in [1.165, 1.54) is 39.3 Å². The van der Waals surface area contributed by atoms with Gasteiger partial charge in [0, 0.05) is 21.0 Å². The van der Waals surface area contributed by atoms with Gasteiger partial charge in [0.2, 0.25) is 5.91 Å². The molecule has 51 heavy (non-hydrogen) atoms. The smallest absolute Gasteiger partial charge is 0.272 e. The molecule has 0 spiro atoms. The highest BCUT2D eigenvalue weighted by atomic mass is 32.2. The van der Waals surface area contributed by atoms with Crippen LogP contribution in [0.15, 0.2) is 112 Å². The summed E-state index contributed by atoms with van der Waals surface area (Å²) < 4.78 is 0. The molecule has 2 aromatic heterocycles. The predicted octanol–water partition coefficient (Wildman–Crippen LogP) is 9.71. The number of amides is 3. The molecule has 1 aliphatic rings. The molecule has 10 heteroatoms. The minimum atomic E-state index is -0.635. The van der Waals surface area contributed by atoms with Crippen LogP contribution in [-0.2, 0) is 22.4 Å². The van der Waals surface area contributed by atoms with Crippen LogP contribution < -0.4 is 16.0 Å². The van der Waals surface area contributed by atoms with Crippen molar-refractivity contribution in [3.8, 4) is 6.07 Å². The van der Waals surface area contributed by atoms with Gasteiger partial charge in [-0.05, 0) is 101 Å². The Hall–Kier alpha value is -4.95. The molecule has 2 unspecified atom stereocenters. The molecule has 3 aromatic carbocycles. The zero-order valence-electron chi connectivity index (χ0n) is 28.6. The summed E-state index contributed by atoms with van der Waals surface area (Å²) in [5, 5.41) is 22.7. The molecule has 3 amide bonds. The van der Waals surface area contributed by atoms with Crippen LogP contribution in [0.25, 0.3) is 6.08 Å². The van der Waals surface area contributed by atoms with E-state index in [0.29, 0.717) is 27.7 Å². The summed E-state index contributed by atoms with van der Waals surface area (Å²) in [7, 11) is 0. The summed E-state index contributed by atoms with van der Waals surface area (Å²) in [5.41, 5.74) is 4.45. The van der Waals surface area contributed by atoms with E-state index in [4.69, 9.17) is 0 Å². The standard InChI is InChI=1S/C41H38N4O3S3/c1-41(2,3)29-17-18-32-33(24-42)40(51-35(32)22-29)45-39(48)36(27-11-6-4-7-12-27)50-31-16-10-15-30(23-31)43-38(47)34(21-26-19-20-49-25-26)44-37(46)28-13-8-5-9-14-28/h4-16,19-21,23,25,29,36H,17-18,22H2,1-3H3,(H,43,47)(H,44,46)(H,45,48)/b34-21-. The third kappa shape index (κ3) is 8.86. The number of nitrogens with one attached hydrogen (secondary N) is 3. The summed E-state index contributed by atoms with van der Waals surface area (Å²) in [6.45, 7) is 6.78. The van der Waals surface area contributed by atoms with E-state index in [0.717, 1.165) is 40.8 Å². The maximum atomic E-state index is 14.1. The Morgan fingerprint density at radius 3 is 2.39 bits per heavy atom. The van der Waals surface area contributed by atoms with E-state index in [9.17, 15) is 19.6 Å². The van der Waals surface area contributed by atoms with Gasteiger partial charge in [-0.2, -0.15) is 16.6 Å². The molecule has 6 rings (SSSR count). The second-order valence-corrected chi connectivity index (χ2v) is 16.5. The van der Waals surface area contributed by atoms with Crippen LogP contribution in [0.5, 0.6) is 0 Å². The third-order valence-electron chi connectivity index (χ3n) is 8.91. The van der Waals surface area contributed by atoms with Crippen LogP contribution >= 0.6 is 34.4 Å². The summed E-state index contributed by atoms with van der Waals surface area (Å²) in [6.07, 6.45) is 4.41. The topological polar surface area (TPSA) is 111 Å². The number of fused-ring (bicyclic) bond motifs is 1. The summed E-state index contributed by atoms with van der Waals surface area (Å²) >= 11 is 4.37. The van der Waals surface area contributed by atoms with Gasteiger partial charge in [-0.25, -0.2) is 0 Å². The second-order valence-electron chi connectivity index (χ2n) is 13.4. The average molecular weight is 731 g/mol. The molecule has 258 valence electrons. The SMILES string of the molecule is CC(C)(C)C1CCc2c(sc(NC(=O)C(Sc3cccc(NC(=O)/C(=C/c4ccsc4)NC(=O)c4ccccc4)c3)c3ccccc3)c2C#N)C1. The Bertz CT molecular complexity index is 2090. The molecule has 0 aliphatic heterocycles. The fraction of sp³-hybridized carbons (Fsp3) is 0.220. The number of carbonyl (C=O) groups excluding carboxylic acids is 3. The lowest BCUT2D eigenvalue weighted by Gasteiger charge is -2.33. The largest absolute Gasteiger partial charge is 0.321 e. The lowest BCUT2D eigenvalue weighted by atomic mass is 9.72. The van der Waals surface area contributed by atoms with E-state index < -0.39 is 17.1 Å². The van der Waals surface area contributed by atoms with Crippen molar-refractivity contribution in [3.05, 3.63) is 140 Å². The molecule has 0 bridgehead atoms. The first-order valence-corrected chi connectivity index (χ1v) is 19.3.